The molecule has 2 rings (SSSR count). The molecule has 0 unspecified atom stereocenters. The minimum atomic E-state index is 0.854. The third kappa shape index (κ3) is 2.72. The molecule has 78 valence electrons. The zero-order valence-electron chi connectivity index (χ0n) is 9.73. The van der Waals surface area contributed by atoms with Crippen molar-refractivity contribution < 1.29 is 0 Å². The first-order valence-corrected chi connectivity index (χ1v) is 6.31. The molecular weight excluding hydrogens is 156 g/mol. The van der Waals surface area contributed by atoms with Crippen LogP contribution < -0.4 is 0 Å². The summed E-state index contributed by atoms with van der Waals surface area (Å²) in [5.74, 6) is 1.03. The van der Waals surface area contributed by atoms with Crippen LogP contribution in [0.1, 0.15) is 72.1 Å². The molecule has 0 aromatic rings. The Kier molecular flexibility index (Phi) is 4.28. The third-order valence-electron chi connectivity index (χ3n) is 4.00. The summed E-state index contributed by atoms with van der Waals surface area (Å²) in [7, 11) is 0. The summed E-state index contributed by atoms with van der Waals surface area (Å²) in [5.41, 5.74) is 0.854. The molecule has 13 heavy (non-hydrogen) atoms. The minimum Gasteiger partial charge on any atom is -0.0683 e. The molecular formula is C13H26. The van der Waals surface area contributed by atoms with Gasteiger partial charge in [-0.1, -0.05) is 46.5 Å². The zero-order chi connectivity index (χ0) is 9.73. The highest BCUT2D eigenvalue weighted by molar-refractivity contribution is 4.88. The fraction of sp³-hybridized carbons (Fsp3) is 1.00. The Labute approximate surface area is 84.1 Å². The summed E-state index contributed by atoms with van der Waals surface area (Å²) in [5, 5.41) is 0. The zero-order valence-corrected chi connectivity index (χ0v) is 9.73. The first-order chi connectivity index (χ1) is 6.31. The van der Waals surface area contributed by atoms with Gasteiger partial charge >= 0.3 is 0 Å². The number of rotatable bonds is 0. The van der Waals surface area contributed by atoms with Crippen LogP contribution in [0.2, 0.25) is 0 Å². The van der Waals surface area contributed by atoms with E-state index in [1.165, 1.54) is 25.7 Å². The predicted molar refractivity (Wildman–Crippen MR) is 59.9 cm³/mol. The molecule has 0 N–H and O–H groups in total. The Morgan fingerprint density at radius 2 is 1.31 bits per heavy atom. The molecule has 0 amide bonds. The van der Waals surface area contributed by atoms with Crippen molar-refractivity contribution in [1.82, 2.24) is 0 Å². The number of hydrogen-bond acceptors (Lipinski definition) is 0. The maximum atomic E-state index is 2.42. The molecule has 0 heterocycles. The summed E-state index contributed by atoms with van der Waals surface area (Å²) < 4.78 is 0. The first kappa shape index (κ1) is 11.1. The Morgan fingerprint density at radius 1 is 0.846 bits per heavy atom. The molecule has 0 bridgehead atoms. The lowest BCUT2D eigenvalue weighted by Gasteiger charge is -2.36. The van der Waals surface area contributed by atoms with Gasteiger partial charge in [-0.2, -0.15) is 0 Å². The van der Waals surface area contributed by atoms with Crippen LogP contribution in [0.15, 0.2) is 0 Å². The van der Waals surface area contributed by atoms with Crippen LogP contribution in [-0.2, 0) is 0 Å². The lowest BCUT2D eigenvalue weighted by molar-refractivity contribution is 0.162. The molecule has 0 radical (unpaired) electrons. The highest BCUT2D eigenvalue weighted by Gasteiger charge is 2.36. The predicted octanol–water partition coefficient (Wildman–Crippen LogP) is 4.78. The van der Waals surface area contributed by atoms with E-state index < -0.39 is 0 Å². The van der Waals surface area contributed by atoms with Crippen LogP contribution >= 0.6 is 0 Å². The molecule has 2 saturated carbocycles. The molecule has 0 heteroatoms. The van der Waals surface area contributed by atoms with E-state index in [0.29, 0.717) is 0 Å². The van der Waals surface area contributed by atoms with Gasteiger partial charge in [-0.05, 0) is 37.0 Å². The van der Waals surface area contributed by atoms with Crippen molar-refractivity contribution in [2.24, 2.45) is 11.3 Å². The quantitative estimate of drug-likeness (QED) is 0.505. The van der Waals surface area contributed by atoms with Gasteiger partial charge in [-0.3, -0.25) is 0 Å². The molecule has 0 saturated heterocycles. The van der Waals surface area contributed by atoms with E-state index in [2.05, 4.69) is 6.92 Å². The van der Waals surface area contributed by atoms with Crippen LogP contribution in [0.4, 0.5) is 0 Å². The highest BCUT2D eigenvalue weighted by atomic mass is 14.4. The molecule has 0 aromatic carbocycles. The summed E-state index contributed by atoms with van der Waals surface area (Å²) in [6.07, 6.45) is 12.3. The second-order valence-electron chi connectivity index (χ2n) is 4.89. The van der Waals surface area contributed by atoms with Gasteiger partial charge in [0.15, 0.2) is 0 Å². The van der Waals surface area contributed by atoms with Crippen LogP contribution in [0.5, 0.6) is 0 Å². The lowest BCUT2D eigenvalue weighted by atomic mass is 9.70. The van der Waals surface area contributed by atoms with Gasteiger partial charge in [0.25, 0.3) is 0 Å². The maximum Gasteiger partial charge on any atom is -0.0297 e. The molecule has 2 fully saturated rings. The van der Waals surface area contributed by atoms with E-state index in [1.54, 1.807) is 25.7 Å². The normalized spacial score (nSPS) is 27.0. The largest absolute Gasteiger partial charge is 0.0683 e. The van der Waals surface area contributed by atoms with E-state index in [-0.39, 0.29) is 0 Å². The fourth-order valence-electron chi connectivity index (χ4n) is 3.00. The monoisotopic (exact) mass is 182 g/mol. The molecule has 0 aliphatic heterocycles. The average Bonchev–Trinajstić information content (AvgIpc) is 2.63. The molecule has 0 atom stereocenters. The molecule has 0 nitrogen and oxygen atoms in total. The van der Waals surface area contributed by atoms with Gasteiger partial charge in [0, 0.05) is 0 Å². The van der Waals surface area contributed by atoms with Crippen molar-refractivity contribution in [2.45, 2.75) is 72.1 Å². The maximum absolute atomic E-state index is 2.42. The smallest absolute Gasteiger partial charge is 0.0297 e. The van der Waals surface area contributed by atoms with Crippen molar-refractivity contribution >= 4 is 0 Å². The topological polar surface area (TPSA) is 0 Å². The standard InChI is InChI=1S/C11H20.C2H6/c1-10-4-8-11(9-5-10)6-2-3-7-11;1-2/h10H,2-9H2,1H3;1-2H3. The van der Waals surface area contributed by atoms with Crippen molar-refractivity contribution in [1.29, 1.82) is 0 Å². The Morgan fingerprint density at radius 3 is 1.77 bits per heavy atom. The van der Waals surface area contributed by atoms with Crippen LogP contribution in [-0.4, -0.2) is 0 Å². The molecule has 2 aliphatic carbocycles. The van der Waals surface area contributed by atoms with E-state index in [9.17, 15) is 0 Å². The summed E-state index contributed by atoms with van der Waals surface area (Å²) in [4.78, 5) is 0. The first-order valence-electron chi connectivity index (χ1n) is 6.31. The van der Waals surface area contributed by atoms with Crippen LogP contribution in [0.25, 0.3) is 0 Å². The van der Waals surface area contributed by atoms with Gasteiger partial charge in [-0.25, -0.2) is 0 Å². The third-order valence-corrected chi connectivity index (χ3v) is 4.00. The lowest BCUT2D eigenvalue weighted by Crippen LogP contribution is -2.23. The molecule has 0 aromatic heterocycles. The summed E-state index contributed by atoms with van der Waals surface area (Å²) >= 11 is 0. The van der Waals surface area contributed by atoms with E-state index in [4.69, 9.17) is 0 Å². The van der Waals surface area contributed by atoms with Crippen molar-refractivity contribution in [3.8, 4) is 0 Å². The van der Waals surface area contributed by atoms with Gasteiger partial charge in [0.05, 0.1) is 0 Å². The van der Waals surface area contributed by atoms with Gasteiger partial charge in [0.2, 0.25) is 0 Å². The molecule has 2 aliphatic rings. The van der Waals surface area contributed by atoms with E-state index in [1.807, 2.05) is 13.8 Å². The highest BCUT2D eigenvalue weighted by Crippen LogP contribution is 2.49. The van der Waals surface area contributed by atoms with Crippen LogP contribution in [0.3, 0.4) is 0 Å². The average molecular weight is 182 g/mol. The molecule has 1 spiro atoms. The van der Waals surface area contributed by atoms with Gasteiger partial charge in [0.1, 0.15) is 0 Å². The summed E-state index contributed by atoms with van der Waals surface area (Å²) in [6, 6.07) is 0. The second-order valence-corrected chi connectivity index (χ2v) is 4.89. The van der Waals surface area contributed by atoms with Crippen LogP contribution in [0, 0.1) is 11.3 Å². The van der Waals surface area contributed by atoms with Crippen molar-refractivity contribution in [2.75, 3.05) is 0 Å². The van der Waals surface area contributed by atoms with Crippen molar-refractivity contribution in [3.05, 3.63) is 0 Å². The van der Waals surface area contributed by atoms with Crippen molar-refractivity contribution in [3.63, 3.8) is 0 Å². The number of hydrogen-bond donors (Lipinski definition) is 0. The SMILES string of the molecule is CC.CC1CCC2(CCCC2)CC1. The second kappa shape index (κ2) is 5.02. The van der Waals surface area contributed by atoms with E-state index in [0.717, 1.165) is 11.3 Å². The Balaban J connectivity index is 0.000000396. The van der Waals surface area contributed by atoms with Gasteiger partial charge in [-0.15, -0.1) is 0 Å². The van der Waals surface area contributed by atoms with Gasteiger partial charge < -0.3 is 0 Å². The minimum absolute atomic E-state index is 0.854. The Bertz CT molecular complexity index is 121. The fourth-order valence-corrected chi connectivity index (χ4v) is 3.00. The van der Waals surface area contributed by atoms with E-state index >= 15 is 0 Å². The Hall–Kier alpha value is 0. The summed E-state index contributed by atoms with van der Waals surface area (Å²) in [6.45, 7) is 6.42.